The van der Waals surface area contributed by atoms with Gasteiger partial charge in [-0.2, -0.15) is 0 Å². The molecular formula is C19H22N2O4. The van der Waals surface area contributed by atoms with Gasteiger partial charge in [0.1, 0.15) is 5.58 Å². The maximum absolute atomic E-state index is 11.2. The summed E-state index contributed by atoms with van der Waals surface area (Å²) in [6.07, 6.45) is 8.13. The van der Waals surface area contributed by atoms with Crippen LogP contribution in [-0.2, 0) is 4.74 Å². The highest BCUT2D eigenvalue weighted by atomic mass is 16.6. The van der Waals surface area contributed by atoms with E-state index in [1.165, 1.54) is 30.9 Å². The Bertz CT molecular complexity index is 810. The molecule has 0 N–H and O–H groups in total. The maximum Gasteiger partial charge on any atom is 0.270 e. The molecule has 1 aliphatic heterocycles. The summed E-state index contributed by atoms with van der Waals surface area (Å²) in [6, 6.07) is 4.85. The third-order valence-electron chi connectivity index (χ3n) is 5.04. The quantitative estimate of drug-likeness (QED) is 0.606. The summed E-state index contributed by atoms with van der Waals surface area (Å²) in [5, 5.41) is 12.0. The fourth-order valence-electron chi connectivity index (χ4n) is 3.75. The first-order valence-electron chi connectivity index (χ1n) is 8.95. The predicted molar refractivity (Wildman–Crippen MR) is 97.0 cm³/mol. The summed E-state index contributed by atoms with van der Waals surface area (Å²) < 4.78 is 11.6. The molecular weight excluding hydrogens is 320 g/mol. The van der Waals surface area contributed by atoms with E-state index < -0.39 is 0 Å². The maximum atomic E-state index is 11.2. The molecule has 1 aliphatic carbocycles. The van der Waals surface area contributed by atoms with E-state index in [2.05, 4.69) is 11.0 Å². The van der Waals surface area contributed by atoms with Crippen molar-refractivity contribution < 1.29 is 14.1 Å². The normalized spacial score (nSPS) is 18.6. The van der Waals surface area contributed by atoms with Crippen LogP contribution in [0.2, 0.25) is 0 Å². The topological polar surface area (TPSA) is 68.8 Å². The van der Waals surface area contributed by atoms with Gasteiger partial charge in [-0.15, -0.1) is 0 Å². The Hall–Kier alpha value is -2.34. The van der Waals surface area contributed by atoms with Gasteiger partial charge in [-0.05, 0) is 37.8 Å². The molecule has 1 aromatic heterocycles. The first-order chi connectivity index (χ1) is 12.2. The lowest BCUT2D eigenvalue weighted by Gasteiger charge is -2.28. The number of nitro groups is 1. The highest BCUT2D eigenvalue weighted by Crippen LogP contribution is 2.39. The van der Waals surface area contributed by atoms with E-state index in [4.69, 9.17) is 9.15 Å². The van der Waals surface area contributed by atoms with E-state index in [1.807, 2.05) is 0 Å². The summed E-state index contributed by atoms with van der Waals surface area (Å²) in [5.74, 6) is 0.828. The Morgan fingerprint density at radius 3 is 2.60 bits per heavy atom. The number of hydrogen-bond donors (Lipinski definition) is 0. The fraction of sp³-hybridized carbons (Fsp3) is 0.474. The Balaban J connectivity index is 1.83. The summed E-state index contributed by atoms with van der Waals surface area (Å²) in [6.45, 7) is 2.87. The predicted octanol–water partition coefficient (Wildman–Crippen LogP) is 4.53. The number of fused-ring (bicyclic) bond motifs is 1. The number of nitro benzene ring substituents is 1. The van der Waals surface area contributed by atoms with Crippen LogP contribution in [0, 0.1) is 10.1 Å². The van der Waals surface area contributed by atoms with Crippen LogP contribution in [0.25, 0.3) is 17.0 Å². The van der Waals surface area contributed by atoms with Gasteiger partial charge < -0.3 is 14.1 Å². The molecule has 132 valence electrons. The minimum absolute atomic E-state index is 0.0969. The minimum atomic E-state index is -0.352. The SMILES string of the molecule is O=[N+]([O-])c1ccc2oc(C=C3CCCCC3)c(N3CCOCC3)c2c1. The lowest BCUT2D eigenvalue weighted by atomic mass is 9.94. The largest absolute Gasteiger partial charge is 0.454 e. The van der Waals surface area contributed by atoms with Crippen LogP contribution < -0.4 is 4.90 Å². The molecule has 0 atom stereocenters. The van der Waals surface area contributed by atoms with Crippen LogP contribution in [0.3, 0.4) is 0 Å². The van der Waals surface area contributed by atoms with Gasteiger partial charge in [-0.25, -0.2) is 0 Å². The summed E-state index contributed by atoms with van der Waals surface area (Å²) in [5.41, 5.74) is 3.18. The number of nitrogens with zero attached hydrogens (tertiary/aromatic N) is 2. The Labute approximate surface area is 146 Å². The van der Waals surface area contributed by atoms with Crippen LogP contribution in [0.5, 0.6) is 0 Å². The number of rotatable bonds is 3. The second kappa shape index (κ2) is 6.88. The zero-order valence-corrected chi connectivity index (χ0v) is 14.2. The first-order valence-corrected chi connectivity index (χ1v) is 8.95. The molecule has 0 amide bonds. The van der Waals surface area contributed by atoms with Crippen molar-refractivity contribution in [3.8, 4) is 0 Å². The van der Waals surface area contributed by atoms with Crippen LogP contribution in [0.15, 0.2) is 28.2 Å². The van der Waals surface area contributed by atoms with E-state index in [1.54, 1.807) is 12.1 Å². The molecule has 0 unspecified atom stereocenters. The van der Waals surface area contributed by atoms with Crippen LogP contribution in [0.1, 0.15) is 37.9 Å². The molecule has 1 saturated carbocycles. The van der Waals surface area contributed by atoms with Gasteiger partial charge in [0, 0.05) is 25.2 Å². The zero-order chi connectivity index (χ0) is 17.2. The molecule has 2 heterocycles. The number of non-ortho nitro benzene ring substituents is 1. The van der Waals surface area contributed by atoms with Crippen molar-refractivity contribution in [1.82, 2.24) is 0 Å². The van der Waals surface area contributed by atoms with Gasteiger partial charge in [0.05, 0.1) is 29.2 Å². The van der Waals surface area contributed by atoms with Crippen LogP contribution >= 0.6 is 0 Å². The number of allylic oxidation sites excluding steroid dienone is 1. The fourth-order valence-corrected chi connectivity index (χ4v) is 3.75. The highest BCUT2D eigenvalue weighted by molar-refractivity contribution is 5.97. The Kier molecular flexibility index (Phi) is 4.44. The van der Waals surface area contributed by atoms with E-state index in [9.17, 15) is 10.1 Å². The minimum Gasteiger partial charge on any atom is -0.454 e. The average Bonchev–Trinajstić information content (AvgIpc) is 3.00. The van der Waals surface area contributed by atoms with E-state index in [-0.39, 0.29) is 10.6 Å². The molecule has 4 rings (SSSR count). The molecule has 2 aromatic rings. The lowest BCUT2D eigenvalue weighted by molar-refractivity contribution is -0.384. The number of hydrogen-bond acceptors (Lipinski definition) is 5. The van der Waals surface area contributed by atoms with Gasteiger partial charge in [0.25, 0.3) is 5.69 Å². The summed E-state index contributed by atoms with van der Waals surface area (Å²) >= 11 is 0. The van der Waals surface area contributed by atoms with Gasteiger partial charge in [0.2, 0.25) is 0 Å². The Morgan fingerprint density at radius 1 is 1.12 bits per heavy atom. The van der Waals surface area contributed by atoms with Crippen molar-refractivity contribution in [2.45, 2.75) is 32.1 Å². The molecule has 6 nitrogen and oxygen atoms in total. The number of anilines is 1. The third kappa shape index (κ3) is 3.26. The van der Waals surface area contributed by atoms with Crippen molar-refractivity contribution in [2.24, 2.45) is 0 Å². The number of benzene rings is 1. The molecule has 0 bridgehead atoms. The van der Waals surface area contributed by atoms with Crippen LogP contribution in [0.4, 0.5) is 11.4 Å². The molecule has 2 aliphatic rings. The molecule has 1 aromatic carbocycles. The monoisotopic (exact) mass is 342 g/mol. The number of ether oxygens (including phenoxy) is 1. The smallest absolute Gasteiger partial charge is 0.270 e. The highest BCUT2D eigenvalue weighted by Gasteiger charge is 2.23. The van der Waals surface area contributed by atoms with Crippen molar-refractivity contribution in [2.75, 3.05) is 31.2 Å². The second-order valence-electron chi connectivity index (χ2n) is 6.72. The number of furan rings is 1. The van der Waals surface area contributed by atoms with Gasteiger partial charge in [0.15, 0.2) is 5.76 Å². The van der Waals surface area contributed by atoms with Crippen molar-refractivity contribution in [3.05, 3.63) is 39.6 Å². The second-order valence-corrected chi connectivity index (χ2v) is 6.72. The lowest BCUT2D eigenvalue weighted by Crippen LogP contribution is -2.36. The molecule has 0 spiro atoms. The van der Waals surface area contributed by atoms with Crippen molar-refractivity contribution in [1.29, 1.82) is 0 Å². The molecule has 6 heteroatoms. The Morgan fingerprint density at radius 2 is 1.88 bits per heavy atom. The van der Waals surface area contributed by atoms with E-state index in [0.29, 0.717) is 18.8 Å². The zero-order valence-electron chi connectivity index (χ0n) is 14.2. The summed E-state index contributed by atoms with van der Waals surface area (Å²) in [4.78, 5) is 13.1. The van der Waals surface area contributed by atoms with Gasteiger partial charge in [-0.3, -0.25) is 10.1 Å². The van der Waals surface area contributed by atoms with Gasteiger partial charge in [-0.1, -0.05) is 12.0 Å². The molecule has 1 saturated heterocycles. The summed E-state index contributed by atoms with van der Waals surface area (Å²) in [7, 11) is 0. The standard InChI is InChI=1S/C19H22N2O4/c22-21(23)15-6-7-17-16(13-15)19(20-8-10-24-11-9-20)18(25-17)12-14-4-2-1-3-5-14/h6-7,12-13H,1-5,8-11H2. The van der Waals surface area contributed by atoms with Crippen molar-refractivity contribution in [3.63, 3.8) is 0 Å². The number of morpholine rings is 1. The van der Waals surface area contributed by atoms with Gasteiger partial charge >= 0.3 is 0 Å². The molecule has 0 radical (unpaired) electrons. The first kappa shape index (κ1) is 16.1. The third-order valence-corrected chi connectivity index (χ3v) is 5.04. The van der Waals surface area contributed by atoms with Crippen molar-refractivity contribution >= 4 is 28.4 Å². The van der Waals surface area contributed by atoms with E-state index in [0.717, 1.165) is 42.8 Å². The molecule has 25 heavy (non-hydrogen) atoms. The van der Waals surface area contributed by atoms with Crippen LogP contribution in [-0.4, -0.2) is 31.2 Å². The average molecular weight is 342 g/mol. The molecule has 2 fully saturated rings. The van der Waals surface area contributed by atoms with E-state index >= 15 is 0 Å².